The molecular weight excluding hydrogens is 292 g/mol. The second-order valence-electron chi connectivity index (χ2n) is 4.68. The van der Waals surface area contributed by atoms with Gasteiger partial charge in [-0.2, -0.15) is 0 Å². The van der Waals surface area contributed by atoms with Crippen LogP contribution in [-0.2, 0) is 4.79 Å². The van der Waals surface area contributed by atoms with Gasteiger partial charge in [-0.3, -0.25) is 4.79 Å². The molecule has 0 saturated heterocycles. The number of carboxylic acids is 1. The smallest absolute Gasteiger partial charge is 0.308 e. The lowest BCUT2D eigenvalue weighted by molar-refractivity contribution is -0.140. The summed E-state index contributed by atoms with van der Waals surface area (Å²) in [6, 6.07) is 4.06. The van der Waals surface area contributed by atoms with Crippen LogP contribution < -0.4 is 4.90 Å². The van der Waals surface area contributed by atoms with Gasteiger partial charge in [-0.05, 0) is 17.9 Å². The summed E-state index contributed by atoms with van der Waals surface area (Å²) < 4.78 is 0. The zero-order chi connectivity index (χ0) is 14.5. The van der Waals surface area contributed by atoms with Gasteiger partial charge in [-0.1, -0.05) is 19.9 Å². The van der Waals surface area contributed by atoms with Crippen LogP contribution in [0.4, 0.5) is 5.13 Å². The lowest BCUT2D eigenvalue weighted by Crippen LogP contribution is -2.32. The van der Waals surface area contributed by atoms with Gasteiger partial charge in [0.15, 0.2) is 5.13 Å². The molecule has 0 aromatic carbocycles. The van der Waals surface area contributed by atoms with E-state index in [1.165, 1.54) is 0 Å². The molecule has 2 aromatic rings. The minimum absolute atomic E-state index is 0.393. The van der Waals surface area contributed by atoms with Crippen molar-refractivity contribution >= 4 is 33.8 Å². The molecule has 0 amide bonds. The van der Waals surface area contributed by atoms with Gasteiger partial charge in [0.25, 0.3) is 0 Å². The van der Waals surface area contributed by atoms with Crippen LogP contribution in [0, 0.1) is 5.92 Å². The Labute approximate surface area is 126 Å². The van der Waals surface area contributed by atoms with Crippen molar-refractivity contribution in [3.63, 3.8) is 0 Å². The number of carbonyl (C=O) groups is 1. The van der Waals surface area contributed by atoms with Crippen molar-refractivity contribution in [1.82, 2.24) is 4.98 Å². The topological polar surface area (TPSA) is 53.4 Å². The molecule has 4 nitrogen and oxygen atoms in total. The Morgan fingerprint density at radius 3 is 2.90 bits per heavy atom. The van der Waals surface area contributed by atoms with Crippen molar-refractivity contribution in [3.05, 3.63) is 22.9 Å². The maximum Gasteiger partial charge on any atom is 0.308 e. The molecule has 20 heavy (non-hydrogen) atoms. The van der Waals surface area contributed by atoms with Crippen LogP contribution in [-0.4, -0.2) is 29.1 Å². The predicted molar refractivity (Wildman–Crippen MR) is 84.7 cm³/mol. The number of hydrogen-bond acceptors (Lipinski definition) is 5. The van der Waals surface area contributed by atoms with Crippen LogP contribution in [0.1, 0.15) is 20.3 Å². The van der Waals surface area contributed by atoms with Crippen LogP contribution in [0.5, 0.6) is 0 Å². The van der Waals surface area contributed by atoms with E-state index in [2.05, 4.69) is 16.8 Å². The largest absolute Gasteiger partial charge is 0.481 e. The third-order valence-corrected chi connectivity index (χ3v) is 4.74. The standard InChI is InChI=1S/C14H18N2O2S2/c1-3-6-16(8-10(2)13(17)18)14-15-11(9-20-14)12-5-4-7-19-12/h4-5,7,9-10H,3,6,8H2,1-2H3,(H,17,18). The van der Waals surface area contributed by atoms with Crippen LogP contribution in [0.2, 0.25) is 0 Å². The highest BCUT2D eigenvalue weighted by molar-refractivity contribution is 7.16. The molecule has 2 aromatic heterocycles. The van der Waals surface area contributed by atoms with E-state index in [-0.39, 0.29) is 0 Å². The molecule has 2 rings (SSSR count). The zero-order valence-electron chi connectivity index (χ0n) is 11.6. The van der Waals surface area contributed by atoms with Crippen molar-refractivity contribution in [2.75, 3.05) is 18.0 Å². The Kier molecular flexibility index (Phi) is 5.14. The summed E-state index contributed by atoms with van der Waals surface area (Å²) in [5.74, 6) is -1.16. The molecule has 2 heterocycles. The predicted octanol–water partition coefficient (Wildman–Crippen LogP) is 3.81. The molecular formula is C14H18N2O2S2. The average Bonchev–Trinajstić information content (AvgIpc) is 3.08. The molecule has 0 aliphatic carbocycles. The fourth-order valence-corrected chi connectivity index (χ4v) is 3.51. The molecule has 0 saturated carbocycles. The van der Waals surface area contributed by atoms with E-state index in [9.17, 15) is 4.79 Å². The van der Waals surface area contributed by atoms with E-state index in [1.807, 2.05) is 22.9 Å². The minimum Gasteiger partial charge on any atom is -0.481 e. The summed E-state index contributed by atoms with van der Waals surface area (Å²) in [5.41, 5.74) is 0.976. The first kappa shape index (κ1) is 15.0. The lowest BCUT2D eigenvalue weighted by Gasteiger charge is -2.23. The summed E-state index contributed by atoms with van der Waals surface area (Å²) in [6.07, 6.45) is 0.972. The monoisotopic (exact) mass is 310 g/mol. The fraction of sp³-hybridized carbons (Fsp3) is 0.429. The summed E-state index contributed by atoms with van der Waals surface area (Å²) in [7, 11) is 0. The highest BCUT2D eigenvalue weighted by Gasteiger charge is 2.18. The maximum atomic E-state index is 11.0. The number of thiazole rings is 1. The van der Waals surface area contributed by atoms with E-state index in [0.29, 0.717) is 6.54 Å². The normalized spacial score (nSPS) is 12.3. The van der Waals surface area contributed by atoms with Crippen molar-refractivity contribution in [3.8, 4) is 10.6 Å². The van der Waals surface area contributed by atoms with E-state index in [4.69, 9.17) is 5.11 Å². The Hall–Kier alpha value is -1.40. The lowest BCUT2D eigenvalue weighted by atomic mass is 10.2. The summed E-state index contributed by atoms with van der Waals surface area (Å²) in [4.78, 5) is 18.9. The second-order valence-corrected chi connectivity index (χ2v) is 6.46. The van der Waals surface area contributed by atoms with E-state index in [1.54, 1.807) is 29.6 Å². The first-order chi connectivity index (χ1) is 9.61. The number of anilines is 1. The van der Waals surface area contributed by atoms with Gasteiger partial charge in [-0.15, -0.1) is 22.7 Å². The third-order valence-electron chi connectivity index (χ3n) is 2.95. The Morgan fingerprint density at radius 1 is 1.50 bits per heavy atom. The van der Waals surface area contributed by atoms with Gasteiger partial charge in [0, 0.05) is 18.5 Å². The molecule has 1 unspecified atom stereocenters. The molecule has 0 aliphatic rings. The van der Waals surface area contributed by atoms with E-state index in [0.717, 1.165) is 28.7 Å². The average molecular weight is 310 g/mol. The van der Waals surface area contributed by atoms with Gasteiger partial charge in [0.1, 0.15) is 0 Å². The van der Waals surface area contributed by atoms with Crippen molar-refractivity contribution in [2.24, 2.45) is 5.92 Å². The zero-order valence-corrected chi connectivity index (χ0v) is 13.2. The minimum atomic E-state index is -0.763. The Bertz CT molecular complexity index is 551. The number of hydrogen-bond donors (Lipinski definition) is 1. The molecule has 0 radical (unpaired) electrons. The fourth-order valence-electron chi connectivity index (χ4n) is 1.89. The van der Waals surface area contributed by atoms with E-state index >= 15 is 0 Å². The van der Waals surface area contributed by atoms with Crippen molar-refractivity contribution in [1.29, 1.82) is 0 Å². The summed E-state index contributed by atoms with van der Waals surface area (Å²) in [6.45, 7) is 5.15. The summed E-state index contributed by atoms with van der Waals surface area (Å²) >= 11 is 3.24. The van der Waals surface area contributed by atoms with Gasteiger partial charge < -0.3 is 10.0 Å². The third kappa shape index (κ3) is 3.58. The highest BCUT2D eigenvalue weighted by Crippen LogP contribution is 2.30. The van der Waals surface area contributed by atoms with Crippen molar-refractivity contribution < 1.29 is 9.90 Å². The van der Waals surface area contributed by atoms with Crippen LogP contribution in [0.15, 0.2) is 22.9 Å². The quantitative estimate of drug-likeness (QED) is 0.845. The van der Waals surface area contributed by atoms with Crippen LogP contribution >= 0.6 is 22.7 Å². The van der Waals surface area contributed by atoms with Crippen molar-refractivity contribution in [2.45, 2.75) is 20.3 Å². The van der Waals surface area contributed by atoms with Gasteiger partial charge >= 0.3 is 5.97 Å². The summed E-state index contributed by atoms with van der Waals surface area (Å²) in [5, 5.41) is 14.0. The first-order valence-corrected chi connectivity index (χ1v) is 8.35. The number of aromatic nitrogens is 1. The van der Waals surface area contributed by atoms with Crippen LogP contribution in [0.3, 0.4) is 0 Å². The number of rotatable bonds is 7. The van der Waals surface area contributed by atoms with Gasteiger partial charge in [0.05, 0.1) is 16.5 Å². The molecule has 6 heteroatoms. The highest BCUT2D eigenvalue weighted by atomic mass is 32.1. The van der Waals surface area contributed by atoms with Gasteiger partial charge in [0.2, 0.25) is 0 Å². The molecule has 0 bridgehead atoms. The number of carboxylic acid groups (broad SMARTS) is 1. The second kappa shape index (κ2) is 6.85. The SMILES string of the molecule is CCCN(CC(C)C(=O)O)c1nc(-c2cccs2)cs1. The van der Waals surface area contributed by atoms with E-state index < -0.39 is 11.9 Å². The maximum absolute atomic E-state index is 11.0. The van der Waals surface area contributed by atoms with Gasteiger partial charge in [-0.25, -0.2) is 4.98 Å². The molecule has 0 spiro atoms. The number of nitrogens with zero attached hydrogens (tertiary/aromatic N) is 2. The molecule has 1 N–H and O–H groups in total. The molecule has 108 valence electrons. The number of thiophene rings is 1. The molecule has 0 aliphatic heterocycles. The van der Waals surface area contributed by atoms with Crippen LogP contribution in [0.25, 0.3) is 10.6 Å². The Balaban J connectivity index is 2.15. The first-order valence-electron chi connectivity index (χ1n) is 6.59. The molecule has 1 atom stereocenters. The number of aliphatic carboxylic acids is 1. The molecule has 0 fully saturated rings. The Morgan fingerprint density at radius 2 is 2.30 bits per heavy atom.